The zero-order valence-corrected chi connectivity index (χ0v) is 10.7. The Morgan fingerprint density at radius 3 is 2.53 bits per heavy atom. The summed E-state index contributed by atoms with van der Waals surface area (Å²) in [6.45, 7) is 0. The van der Waals surface area contributed by atoms with E-state index < -0.39 is 12.0 Å². The summed E-state index contributed by atoms with van der Waals surface area (Å²) in [5, 5.41) is 12.1. The fourth-order valence-corrected chi connectivity index (χ4v) is 2.99. The fraction of sp³-hybridized carbons (Fsp3) is 0.417. The average molecular weight is 252 g/mol. The second kappa shape index (κ2) is 4.98. The van der Waals surface area contributed by atoms with Crippen molar-refractivity contribution in [3.05, 3.63) is 29.8 Å². The van der Waals surface area contributed by atoms with E-state index in [0.717, 1.165) is 11.3 Å². The highest BCUT2D eigenvalue weighted by Crippen LogP contribution is 2.33. The van der Waals surface area contributed by atoms with Crippen LogP contribution in [0.25, 0.3) is 0 Å². The van der Waals surface area contributed by atoms with Gasteiger partial charge in [-0.25, -0.2) is 0 Å². The molecular weight excluding hydrogens is 236 g/mol. The Hall–Kier alpha value is -1.20. The minimum Gasteiger partial charge on any atom is -0.480 e. The van der Waals surface area contributed by atoms with Gasteiger partial charge >= 0.3 is 5.97 Å². The van der Waals surface area contributed by atoms with Gasteiger partial charge in [0.15, 0.2) is 0 Å². The van der Waals surface area contributed by atoms with Crippen LogP contribution in [-0.4, -0.2) is 37.0 Å². The number of thioether (sulfide) groups is 1. The van der Waals surface area contributed by atoms with Crippen molar-refractivity contribution in [1.82, 2.24) is 5.32 Å². The van der Waals surface area contributed by atoms with Gasteiger partial charge in [0.2, 0.25) is 0 Å². The van der Waals surface area contributed by atoms with Crippen LogP contribution in [0.15, 0.2) is 24.3 Å². The van der Waals surface area contributed by atoms with Crippen LogP contribution in [0.1, 0.15) is 10.9 Å². The lowest BCUT2D eigenvalue weighted by atomic mass is 10.2. The molecule has 1 aromatic rings. The van der Waals surface area contributed by atoms with Crippen LogP contribution in [0, 0.1) is 0 Å². The normalized spacial score (nSPS) is 23.6. The molecule has 0 saturated carbocycles. The third kappa shape index (κ3) is 2.73. The van der Waals surface area contributed by atoms with E-state index >= 15 is 0 Å². The molecule has 0 amide bonds. The second-order valence-electron chi connectivity index (χ2n) is 4.26. The SMILES string of the molecule is CN(C)c1ccc([C@H]2N[C@@H](C(=O)O)CS2)cc1. The Morgan fingerprint density at radius 2 is 2.06 bits per heavy atom. The summed E-state index contributed by atoms with van der Waals surface area (Å²) in [6.07, 6.45) is 0. The van der Waals surface area contributed by atoms with Crippen LogP contribution in [0.3, 0.4) is 0 Å². The smallest absolute Gasteiger partial charge is 0.321 e. The number of anilines is 1. The predicted molar refractivity (Wildman–Crippen MR) is 70.5 cm³/mol. The Labute approximate surface area is 105 Å². The summed E-state index contributed by atoms with van der Waals surface area (Å²) >= 11 is 1.64. The van der Waals surface area contributed by atoms with Crippen LogP contribution in [-0.2, 0) is 4.79 Å². The Bertz CT molecular complexity index is 405. The van der Waals surface area contributed by atoms with E-state index in [-0.39, 0.29) is 5.37 Å². The van der Waals surface area contributed by atoms with E-state index in [1.807, 2.05) is 43.3 Å². The van der Waals surface area contributed by atoms with Crippen molar-refractivity contribution in [3.8, 4) is 0 Å². The quantitative estimate of drug-likeness (QED) is 0.854. The molecule has 1 aliphatic heterocycles. The Morgan fingerprint density at radius 1 is 1.41 bits per heavy atom. The zero-order valence-electron chi connectivity index (χ0n) is 9.88. The molecule has 1 saturated heterocycles. The number of hydrogen-bond acceptors (Lipinski definition) is 4. The van der Waals surface area contributed by atoms with Crippen LogP contribution < -0.4 is 10.2 Å². The van der Waals surface area contributed by atoms with Gasteiger partial charge in [-0.05, 0) is 17.7 Å². The molecule has 0 radical (unpaired) electrons. The highest BCUT2D eigenvalue weighted by Gasteiger charge is 2.30. The maximum Gasteiger partial charge on any atom is 0.321 e. The van der Waals surface area contributed by atoms with Gasteiger partial charge in [0.25, 0.3) is 0 Å². The topological polar surface area (TPSA) is 52.6 Å². The number of nitrogens with zero attached hydrogens (tertiary/aromatic N) is 1. The van der Waals surface area contributed by atoms with E-state index in [0.29, 0.717) is 5.75 Å². The van der Waals surface area contributed by atoms with Crippen molar-refractivity contribution in [1.29, 1.82) is 0 Å². The standard InChI is InChI=1S/C12H16N2O2S/c1-14(2)9-5-3-8(4-6-9)11-13-10(7-17-11)12(15)16/h3-6,10-11,13H,7H2,1-2H3,(H,15,16)/t10-,11+/m1/s1. The van der Waals surface area contributed by atoms with Crippen molar-refractivity contribution in [2.45, 2.75) is 11.4 Å². The molecule has 0 spiro atoms. The lowest BCUT2D eigenvalue weighted by Gasteiger charge is -2.15. The van der Waals surface area contributed by atoms with Crippen LogP contribution in [0.4, 0.5) is 5.69 Å². The molecule has 4 nitrogen and oxygen atoms in total. The lowest BCUT2D eigenvalue weighted by molar-refractivity contribution is -0.138. The van der Waals surface area contributed by atoms with Crippen molar-refractivity contribution >= 4 is 23.4 Å². The number of aliphatic carboxylic acids is 1. The zero-order chi connectivity index (χ0) is 12.4. The number of carboxylic acids is 1. The number of hydrogen-bond donors (Lipinski definition) is 2. The molecule has 1 fully saturated rings. The molecular formula is C12H16N2O2S. The number of benzene rings is 1. The first kappa shape index (κ1) is 12.3. The molecule has 0 unspecified atom stereocenters. The molecule has 2 atom stereocenters. The van der Waals surface area contributed by atoms with E-state index in [1.54, 1.807) is 11.8 Å². The minimum atomic E-state index is -0.773. The molecule has 2 N–H and O–H groups in total. The molecule has 92 valence electrons. The lowest BCUT2D eigenvalue weighted by Crippen LogP contribution is -2.33. The minimum absolute atomic E-state index is 0.0901. The average Bonchev–Trinajstić information content (AvgIpc) is 2.78. The first-order chi connectivity index (χ1) is 8.08. The van der Waals surface area contributed by atoms with E-state index in [9.17, 15) is 4.79 Å². The van der Waals surface area contributed by atoms with Crippen LogP contribution in [0.5, 0.6) is 0 Å². The number of nitrogens with one attached hydrogen (secondary N) is 1. The first-order valence-electron chi connectivity index (χ1n) is 5.45. The van der Waals surface area contributed by atoms with Gasteiger partial charge in [-0.15, -0.1) is 11.8 Å². The molecule has 5 heteroatoms. The molecule has 1 aliphatic rings. The monoisotopic (exact) mass is 252 g/mol. The van der Waals surface area contributed by atoms with Gasteiger partial charge in [0, 0.05) is 25.5 Å². The third-order valence-electron chi connectivity index (χ3n) is 2.79. The van der Waals surface area contributed by atoms with Gasteiger partial charge in [0.05, 0.1) is 5.37 Å². The summed E-state index contributed by atoms with van der Waals surface area (Å²) in [5.41, 5.74) is 2.27. The number of carboxylic acid groups (broad SMARTS) is 1. The molecule has 1 heterocycles. The summed E-state index contributed by atoms with van der Waals surface area (Å²) < 4.78 is 0. The molecule has 17 heavy (non-hydrogen) atoms. The maximum absolute atomic E-state index is 10.8. The second-order valence-corrected chi connectivity index (χ2v) is 5.39. The summed E-state index contributed by atoms with van der Waals surface area (Å²) in [5.74, 6) is -0.153. The summed E-state index contributed by atoms with van der Waals surface area (Å²) in [6, 6.07) is 7.75. The predicted octanol–water partition coefficient (Wildman–Crippen LogP) is 1.54. The molecule has 0 bridgehead atoms. The van der Waals surface area contributed by atoms with E-state index in [1.165, 1.54) is 0 Å². The van der Waals surface area contributed by atoms with Gasteiger partial charge in [-0.2, -0.15) is 0 Å². The molecule has 0 aliphatic carbocycles. The van der Waals surface area contributed by atoms with Crippen molar-refractivity contribution in [2.24, 2.45) is 0 Å². The Balaban J connectivity index is 2.06. The van der Waals surface area contributed by atoms with E-state index in [2.05, 4.69) is 5.32 Å². The van der Waals surface area contributed by atoms with Crippen molar-refractivity contribution in [3.63, 3.8) is 0 Å². The highest BCUT2D eigenvalue weighted by molar-refractivity contribution is 7.99. The summed E-state index contributed by atoms with van der Waals surface area (Å²) in [4.78, 5) is 12.9. The largest absolute Gasteiger partial charge is 0.480 e. The number of carbonyl (C=O) groups is 1. The van der Waals surface area contributed by atoms with E-state index in [4.69, 9.17) is 5.11 Å². The summed E-state index contributed by atoms with van der Waals surface area (Å²) in [7, 11) is 4.00. The van der Waals surface area contributed by atoms with Gasteiger partial charge in [-0.1, -0.05) is 12.1 Å². The third-order valence-corrected chi connectivity index (χ3v) is 4.06. The van der Waals surface area contributed by atoms with Gasteiger partial charge in [-0.3, -0.25) is 10.1 Å². The van der Waals surface area contributed by atoms with Crippen molar-refractivity contribution in [2.75, 3.05) is 24.7 Å². The highest BCUT2D eigenvalue weighted by atomic mass is 32.2. The molecule has 0 aromatic heterocycles. The Kier molecular flexibility index (Phi) is 3.59. The van der Waals surface area contributed by atoms with Crippen LogP contribution in [0.2, 0.25) is 0 Å². The van der Waals surface area contributed by atoms with Crippen molar-refractivity contribution < 1.29 is 9.90 Å². The van der Waals surface area contributed by atoms with Crippen LogP contribution >= 0.6 is 11.8 Å². The molecule has 2 rings (SSSR count). The fourth-order valence-electron chi connectivity index (χ4n) is 1.75. The number of rotatable bonds is 3. The van der Waals surface area contributed by atoms with Gasteiger partial charge in [0.1, 0.15) is 6.04 Å². The molecule has 1 aromatic carbocycles. The first-order valence-corrected chi connectivity index (χ1v) is 6.50. The maximum atomic E-state index is 10.8. The van der Waals surface area contributed by atoms with Gasteiger partial charge < -0.3 is 10.0 Å².